The summed E-state index contributed by atoms with van der Waals surface area (Å²) in [5, 5.41) is 8.85. The van der Waals surface area contributed by atoms with E-state index in [1.165, 1.54) is 5.56 Å². The summed E-state index contributed by atoms with van der Waals surface area (Å²) in [6, 6.07) is 7.56. The van der Waals surface area contributed by atoms with Crippen LogP contribution in [-0.2, 0) is 15.3 Å². The molecule has 1 aliphatic rings. The van der Waals surface area contributed by atoms with Crippen LogP contribution in [0, 0.1) is 11.8 Å². The molecular formula is C20H20O4S3. The van der Waals surface area contributed by atoms with E-state index in [-0.39, 0.29) is 10.5 Å². The first-order valence-corrected chi connectivity index (χ1v) is 12.0. The minimum Gasteiger partial charge on any atom is -0.493 e. The summed E-state index contributed by atoms with van der Waals surface area (Å²) >= 11 is 5.30. The minimum atomic E-state index is -0.923. The molecule has 142 valence electrons. The van der Waals surface area contributed by atoms with Crippen molar-refractivity contribution < 1.29 is 19.1 Å². The van der Waals surface area contributed by atoms with Gasteiger partial charge in [0.05, 0.1) is 10.7 Å². The second kappa shape index (κ2) is 8.59. The fourth-order valence-corrected chi connectivity index (χ4v) is 5.56. The molecule has 0 unspecified atom stereocenters. The average molecular weight is 421 g/mol. The summed E-state index contributed by atoms with van der Waals surface area (Å²) < 4.78 is 11.4. The maximum atomic E-state index is 10.8. The monoisotopic (exact) mass is 420 g/mol. The first kappa shape index (κ1) is 20.1. The fourth-order valence-electron chi connectivity index (χ4n) is 3.00. The molecule has 0 atom stereocenters. The van der Waals surface area contributed by atoms with Crippen LogP contribution in [0.2, 0.25) is 0 Å². The molecule has 0 saturated heterocycles. The summed E-state index contributed by atoms with van der Waals surface area (Å²) in [7, 11) is 0. The molecule has 4 nitrogen and oxygen atoms in total. The van der Waals surface area contributed by atoms with Crippen molar-refractivity contribution in [2.24, 2.45) is 0 Å². The number of ether oxygens (including phenoxy) is 1. The Morgan fingerprint density at radius 3 is 2.67 bits per heavy atom. The van der Waals surface area contributed by atoms with E-state index >= 15 is 0 Å². The van der Waals surface area contributed by atoms with E-state index in [9.17, 15) is 4.79 Å². The maximum absolute atomic E-state index is 10.8. The molecule has 3 rings (SSSR count). The van der Waals surface area contributed by atoms with Gasteiger partial charge in [0.15, 0.2) is 5.76 Å². The van der Waals surface area contributed by atoms with Crippen LogP contribution in [0.5, 0.6) is 5.75 Å². The third-order valence-corrected chi connectivity index (χ3v) is 8.31. The molecule has 2 aromatic rings. The highest BCUT2D eigenvalue weighted by Gasteiger charge is 2.37. The quantitative estimate of drug-likeness (QED) is 0.428. The van der Waals surface area contributed by atoms with E-state index < -0.39 is 5.97 Å². The van der Waals surface area contributed by atoms with Gasteiger partial charge in [-0.1, -0.05) is 5.92 Å². The van der Waals surface area contributed by atoms with Gasteiger partial charge in [-0.25, -0.2) is 0 Å². The van der Waals surface area contributed by atoms with Crippen LogP contribution in [0.3, 0.4) is 0 Å². The summed E-state index contributed by atoms with van der Waals surface area (Å²) in [6.07, 6.45) is 7.09. The Balaban J connectivity index is 1.99. The van der Waals surface area contributed by atoms with Crippen molar-refractivity contribution in [2.45, 2.75) is 21.8 Å². The number of fused-ring (bicyclic) bond motifs is 1. The number of furan rings is 1. The Morgan fingerprint density at radius 1 is 1.22 bits per heavy atom. The molecule has 1 aliphatic heterocycles. The molecule has 1 N–H and O–H groups in total. The van der Waals surface area contributed by atoms with Crippen molar-refractivity contribution in [1.82, 2.24) is 0 Å². The van der Waals surface area contributed by atoms with Gasteiger partial charge in [0, 0.05) is 22.4 Å². The lowest BCUT2D eigenvalue weighted by Crippen LogP contribution is -2.26. The van der Waals surface area contributed by atoms with Gasteiger partial charge in [0.25, 0.3) is 0 Å². The summed E-state index contributed by atoms with van der Waals surface area (Å²) in [5.41, 5.74) is 2.09. The molecule has 1 aromatic carbocycles. The average Bonchev–Trinajstić information content (AvgIpc) is 3.11. The molecule has 0 bridgehead atoms. The molecular weight excluding hydrogens is 400 g/mol. The second-order valence-electron chi connectivity index (χ2n) is 5.89. The zero-order valence-corrected chi connectivity index (χ0v) is 17.8. The van der Waals surface area contributed by atoms with Crippen molar-refractivity contribution in [3.63, 3.8) is 0 Å². The number of carboxylic acids is 1. The standard InChI is InChI=1S/C20H20O4S3/c1-25-18-12-17-16(20(26-2,27-3)8-9-23-17)10-13(18)4-5-14-6-7-15(24-14)11-19(21)22/h6-7,10,12H,8-9,11H2,1-3H3,(H,21,22). The third-order valence-electron chi connectivity index (χ3n) is 4.37. The smallest absolute Gasteiger partial charge is 0.311 e. The van der Waals surface area contributed by atoms with E-state index in [2.05, 4.69) is 36.5 Å². The fraction of sp³-hybridized carbons (Fsp3) is 0.350. The number of carbonyl (C=O) groups is 1. The van der Waals surface area contributed by atoms with Crippen LogP contribution < -0.4 is 4.74 Å². The Bertz CT molecular complexity index is 904. The number of rotatable bonds is 5. The Kier molecular flexibility index (Phi) is 6.40. The molecule has 0 saturated carbocycles. The van der Waals surface area contributed by atoms with Crippen LogP contribution in [0.25, 0.3) is 0 Å². The van der Waals surface area contributed by atoms with Gasteiger partial charge in [-0.15, -0.1) is 35.3 Å². The Morgan fingerprint density at radius 2 is 2.00 bits per heavy atom. The maximum Gasteiger partial charge on any atom is 0.311 e. The molecule has 1 aromatic heterocycles. The van der Waals surface area contributed by atoms with Gasteiger partial charge in [0.1, 0.15) is 17.9 Å². The molecule has 2 heterocycles. The predicted octanol–water partition coefficient (Wildman–Crippen LogP) is 4.69. The summed E-state index contributed by atoms with van der Waals surface area (Å²) in [6.45, 7) is 0.715. The van der Waals surface area contributed by atoms with Crippen molar-refractivity contribution >= 4 is 41.3 Å². The number of thioether (sulfide) groups is 3. The molecule has 0 spiro atoms. The highest BCUT2D eigenvalue weighted by atomic mass is 32.2. The summed E-state index contributed by atoms with van der Waals surface area (Å²) in [4.78, 5) is 11.8. The van der Waals surface area contributed by atoms with Crippen LogP contribution in [0.4, 0.5) is 0 Å². The van der Waals surface area contributed by atoms with Gasteiger partial charge < -0.3 is 14.3 Å². The van der Waals surface area contributed by atoms with Crippen LogP contribution in [0.15, 0.2) is 33.6 Å². The van der Waals surface area contributed by atoms with Crippen molar-refractivity contribution in [3.05, 3.63) is 46.9 Å². The first-order valence-electron chi connectivity index (χ1n) is 8.29. The van der Waals surface area contributed by atoms with Crippen molar-refractivity contribution in [3.8, 4) is 17.6 Å². The molecule has 7 heteroatoms. The molecule has 27 heavy (non-hydrogen) atoms. The van der Waals surface area contributed by atoms with E-state index in [1.807, 2.05) is 29.8 Å². The molecule has 0 aliphatic carbocycles. The Hall–Kier alpha value is -1.62. The SMILES string of the molecule is CSc1cc2c(cc1C#Cc1ccc(CC(=O)O)o1)C(SC)(SC)CCO2. The summed E-state index contributed by atoms with van der Waals surface area (Å²) in [5.74, 6) is 7.10. The molecule has 0 fully saturated rings. The lowest BCUT2D eigenvalue weighted by Gasteiger charge is -2.36. The predicted molar refractivity (Wildman–Crippen MR) is 113 cm³/mol. The van der Waals surface area contributed by atoms with E-state index in [0.717, 1.165) is 22.6 Å². The van der Waals surface area contributed by atoms with Gasteiger partial charge >= 0.3 is 5.97 Å². The number of hydrogen-bond donors (Lipinski definition) is 1. The minimum absolute atomic E-state index is 0.0275. The highest BCUT2D eigenvalue weighted by molar-refractivity contribution is 8.16. The number of carboxylic acid groups (broad SMARTS) is 1. The number of hydrogen-bond acceptors (Lipinski definition) is 6. The zero-order valence-electron chi connectivity index (χ0n) is 15.3. The van der Waals surface area contributed by atoms with Gasteiger partial charge in [-0.2, -0.15) is 0 Å². The lowest BCUT2D eigenvalue weighted by molar-refractivity contribution is -0.136. The van der Waals surface area contributed by atoms with Gasteiger partial charge in [-0.3, -0.25) is 4.79 Å². The van der Waals surface area contributed by atoms with Crippen LogP contribution in [0.1, 0.15) is 29.1 Å². The van der Waals surface area contributed by atoms with Crippen LogP contribution >= 0.6 is 35.3 Å². The normalized spacial score (nSPS) is 14.6. The highest BCUT2D eigenvalue weighted by Crippen LogP contribution is 2.53. The third kappa shape index (κ3) is 4.29. The number of benzene rings is 1. The lowest BCUT2D eigenvalue weighted by atomic mass is 10.0. The van der Waals surface area contributed by atoms with Gasteiger partial charge in [0.2, 0.25) is 0 Å². The van der Waals surface area contributed by atoms with Crippen molar-refractivity contribution in [1.29, 1.82) is 0 Å². The first-order chi connectivity index (χ1) is 13.0. The van der Waals surface area contributed by atoms with E-state index in [0.29, 0.717) is 18.1 Å². The Labute approximate surface area is 171 Å². The van der Waals surface area contributed by atoms with E-state index in [4.69, 9.17) is 14.3 Å². The second-order valence-corrected chi connectivity index (χ2v) is 9.21. The van der Waals surface area contributed by atoms with Crippen molar-refractivity contribution in [2.75, 3.05) is 25.4 Å². The molecule has 0 amide bonds. The molecule has 0 radical (unpaired) electrons. The van der Waals surface area contributed by atoms with E-state index in [1.54, 1.807) is 23.9 Å². The van der Waals surface area contributed by atoms with Crippen LogP contribution in [-0.4, -0.2) is 36.5 Å². The van der Waals surface area contributed by atoms with Gasteiger partial charge in [-0.05, 0) is 49.0 Å². The largest absolute Gasteiger partial charge is 0.493 e. The number of aliphatic carboxylic acids is 1. The topological polar surface area (TPSA) is 59.7 Å². The zero-order chi connectivity index (χ0) is 19.4.